The Hall–Kier alpha value is 0.440. The van der Waals surface area contributed by atoms with Crippen LogP contribution in [-0.4, -0.2) is 16.0 Å². The van der Waals surface area contributed by atoms with Gasteiger partial charge in [0.2, 0.25) is 0 Å². The lowest BCUT2D eigenvalue weighted by molar-refractivity contribution is -0.0813. The monoisotopic (exact) mass is 288 g/mol. The molecule has 0 spiro atoms. The van der Waals surface area contributed by atoms with Crippen molar-refractivity contribution in [2.24, 2.45) is 17.8 Å². The first kappa shape index (κ1) is 12.9. The molecule has 4 unspecified atom stereocenters. The summed E-state index contributed by atoms with van der Waals surface area (Å²) in [5, 5.41) is 0. The quantitative estimate of drug-likeness (QED) is 0.650. The van der Waals surface area contributed by atoms with E-state index in [1.165, 1.54) is 19.3 Å². The van der Waals surface area contributed by atoms with Gasteiger partial charge < -0.3 is 4.74 Å². The van der Waals surface area contributed by atoms with E-state index in [-0.39, 0.29) is 11.2 Å². The molecule has 1 nitrogen and oxygen atoms in total. The van der Waals surface area contributed by atoms with Crippen LogP contribution in [0.15, 0.2) is 0 Å². The lowest BCUT2D eigenvalue weighted by Gasteiger charge is -2.33. The lowest BCUT2D eigenvalue weighted by atomic mass is 9.74. The molecule has 4 atom stereocenters. The highest BCUT2D eigenvalue weighted by molar-refractivity contribution is 9.09. The smallest absolute Gasteiger partial charge is 0.0665 e. The van der Waals surface area contributed by atoms with E-state index in [9.17, 15) is 0 Å². The first-order chi connectivity index (χ1) is 7.23. The van der Waals surface area contributed by atoms with Crippen LogP contribution in [-0.2, 0) is 4.74 Å². The first-order valence-corrected chi connectivity index (χ1v) is 7.49. The van der Waals surface area contributed by atoms with Gasteiger partial charge in [-0.25, -0.2) is 0 Å². The second-order valence-corrected chi connectivity index (χ2v) is 8.07. The maximum atomic E-state index is 6.23. The summed E-state index contributed by atoms with van der Waals surface area (Å²) in [5.41, 5.74) is 0.123. The van der Waals surface area contributed by atoms with Gasteiger partial charge in [-0.3, -0.25) is 0 Å². The molecular weight excluding hydrogens is 264 g/mol. The molecule has 0 aromatic heterocycles. The molecule has 16 heavy (non-hydrogen) atoms. The van der Waals surface area contributed by atoms with Crippen LogP contribution >= 0.6 is 15.9 Å². The normalized spacial score (nSPS) is 46.1. The number of halogens is 1. The zero-order valence-electron chi connectivity index (χ0n) is 11.2. The molecule has 1 saturated carbocycles. The molecule has 94 valence electrons. The van der Waals surface area contributed by atoms with Crippen molar-refractivity contribution >= 4 is 15.9 Å². The molecule has 0 N–H and O–H groups in total. The molecule has 0 radical (unpaired) electrons. The van der Waals surface area contributed by atoms with Crippen molar-refractivity contribution < 1.29 is 4.74 Å². The number of hydrogen-bond acceptors (Lipinski definition) is 1. The largest absolute Gasteiger partial charge is 0.369 e. The Morgan fingerprint density at radius 3 is 2.12 bits per heavy atom. The Morgan fingerprint density at radius 2 is 1.75 bits per heavy atom. The summed E-state index contributed by atoms with van der Waals surface area (Å²) in [6.07, 6.45) is 3.91. The average molecular weight is 289 g/mol. The molecule has 1 saturated heterocycles. The van der Waals surface area contributed by atoms with Crippen molar-refractivity contribution in [2.45, 2.75) is 69.9 Å². The van der Waals surface area contributed by atoms with Crippen molar-refractivity contribution in [3.05, 3.63) is 0 Å². The SMILES string of the molecule is CC1C(Br)CCC1C1CC(C)(C)OC1(C)C. The third-order valence-electron chi connectivity index (χ3n) is 4.68. The standard InChI is InChI=1S/C14H25BrO/c1-9-10(6-7-12(9)15)11-8-13(2,3)16-14(11,4)5/h9-12H,6-8H2,1-5H3. The van der Waals surface area contributed by atoms with Gasteiger partial charge in [-0.05, 0) is 64.7 Å². The Morgan fingerprint density at radius 1 is 1.12 bits per heavy atom. The van der Waals surface area contributed by atoms with Crippen LogP contribution in [0.3, 0.4) is 0 Å². The second-order valence-electron chi connectivity index (χ2n) is 6.89. The van der Waals surface area contributed by atoms with Crippen LogP contribution in [0.2, 0.25) is 0 Å². The van der Waals surface area contributed by atoms with Crippen LogP contribution in [0, 0.1) is 17.8 Å². The van der Waals surface area contributed by atoms with E-state index in [2.05, 4.69) is 50.5 Å². The minimum absolute atomic E-state index is 0.0550. The zero-order chi connectivity index (χ0) is 12.1. The van der Waals surface area contributed by atoms with Crippen molar-refractivity contribution in [2.75, 3.05) is 0 Å². The van der Waals surface area contributed by atoms with Gasteiger partial charge in [0.15, 0.2) is 0 Å². The molecule has 2 fully saturated rings. The van der Waals surface area contributed by atoms with Crippen LogP contribution in [0.25, 0.3) is 0 Å². The highest BCUT2D eigenvalue weighted by Crippen LogP contribution is 2.52. The van der Waals surface area contributed by atoms with Crippen LogP contribution in [0.5, 0.6) is 0 Å². The fourth-order valence-electron chi connectivity index (χ4n) is 3.99. The summed E-state index contributed by atoms with van der Waals surface area (Å²) in [7, 11) is 0. The lowest BCUT2D eigenvalue weighted by Crippen LogP contribution is -2.35. The molecule has 2 aliphatic rings. The van der Waals surface area contributed by atoms with Crippen LogP contribution < -0.4 is 0 Å². The predicted octanol–water partition coefficient (Wildman–Crippen LogP) is 4.39. The minimum Gasteiger partial charge on any atom is -0.369 e. The fraction of sp³-hybridized carbons (Fsp3) is 1.00. The Labute approximate surface area is 108 Å². The summed E-state index contributed by atoms with van der Waals surface area (Å²) in [6.45, 7) is 11.4. The van der Waals surface area contributed by atoms with Gasteiger partial charge in [0.25, 0.3) is 0 Å². The zero-order valence-corrected chi connectivity index (χ0v) is 12.8. The molecule has 2 heteroatoms. The molecule has 0 amide bonds. The molecule has 1 aliphatic heterocycles. The van der Waals surface area contributed by atoms with Crippen molar-refractivity contribution in [3.8, 4) is 0 Å². The highest BCUT2D eigenvalue weighted by atomic mass is 79.9. The van der Waals surface area contributed by atoms with Gasteiger partial charge >= 0.3 is 0 Å². The number of rotatable bonds is 1. The fourth-order valence-corrected chi connectivity index (χ4v) is 4.64. The maximum Gasteiger partial charge on any atom is 0.0665 e. The van der Waals surface area contributed by atoms with Gasteiger partial charge in [-0.15, -0.1) is 0 Å². The Bertz CT molecular complexity index is 272. The van der Waals surface area contributed by atoms with E-state index in [1.807, 2.05) is 0 Å². The van der Waals surface area contributed by atoms with E-state index >= 15 is 0 Å². The van der Waals surface area contributed by atoms with Crippen LogP contribution in [0.4, 0.5) is 0 Å². The van der Waals surface area contributed by atoms with Gasteiger partial charge in [-0.1, -0.05) is 22.9 Å². The predicted molar refractivity (Wildman–Crippen MR) is 72.0 cm³/mol. The molecule has 1 aliphatic carbocycles. The average Bonchev–Trinajstić information content (AvgIpc) is 2.52. The summed E-state index contributed by atoms with van der Waals surface area (Å²) in [6, 6.07) is 0. The topological polar surface area (TPSA) is 9.23 Å². The number of alkyl halides is 1. The highest BCUT2D eigenvalue weighted by Gasteiger charge is 2.51. The summed E-state index contributed by atoms with van der Waals surface area (Å²) in [4.78, 5) is 0.719. The van der Waals surface area contributed by atoms with E-state index in [4.69, 9.17) is 4.74 Å². The molecule has 0 bridgehead atoms. The molecular formula is C14H25BrO. The molecule has 1 heterocycles. The van der Waals surface area contributed by atoms with E-state index in [0.717, 1.165) is 22.6 Å². The van der Waals surface area contributed by atoms with Gasteiger partial charge in [-0.2, -0.15) is 0 Å². The summed E-state index contributed by atoms with van der Waals surface area (Å²) >= 11 is 3.82. The van der Waals surface area contributed by atoms with Gasteiger partial charge in [0.05, 0.1) is 11.2 Å². The van der Waals surface area contributed by atoms with E-state index in [1.54, 1.807) is 0 Å². The van der Waals surface area contributed by atoms with E-state index in [0.29, 0.717) is 0 Å². The third kappa shape index (κ3) is 2.20. The molecule has 0 aromatic carbocycles. The second kappa shape index (κ2) is 3.98. The molecule has 2 rings (SSSR count). The Kier molecular flexibility index (Phi) is 3.21. The van der Waals surface area contributed by atoms with Gasteiger partial charge in [0, 0.05) is 4.83 Å². The van der Waals surface area contributed by atoms with Crippen molar-refractivity contribution in [1.82, 2.24) is 0 Å². The van der Waals surface area contributed by atoms with Crippen molar-refractivity contribution in [3.63, 3.8) is 0 Å². The Balaban J connectivity index is 2.16. The number of hydrogen-bond donors (Lipinski definition) is 0. The summed E-state index contributed by atoms with van der Waals surface area (Å²) in [5.74, 6) is 2.35. The number of ether oxygens (including phenoxy) is 1. The minimum atomic E-state index is 0.0550. The summed E-state index contributed by atoms with van der Waals surface area (Å²) < 4.78 is 6.23. The third-order valence-corrected chi connectivity index (χ3v) is 5.97. The molecule has 0 aromatic rings. The maximum absolute atomic E-state index is 6.23. The van der Waals surface area contributed by atoms with Gasteiger partial charge in [0.1, 0.15) is 0 Å². The van der Waals surface area contributed by atoms with Crippen LogP contribution in [0.1, 0.15) is 53.9 Å². The van der Waals surface area contributed by atoms with Crippen molar-refractivity contribution in [1.29, 1.82) is 0 Å². The first-order valence-electron chi connectivity index (χ1n) is 6.57. The van der Waals surface area contributed by atoms with E-state index < -0.39 is 0 Å².